The van der Waals surface area contributed by atoms with Gasteiger partial charge in [0.15, 0.2) is 0 Å². The van der Waals surface area contributed by atoms with Gasteiger partial charge in [-0.2, -0.15) is 0 Å². The lowest BCUT2D eigenvalue weighted by molar-refractivity contribution is -0.167. The second kappa shape index (κ2) is 6.94. The summed E-state index contributed by atoms with van der Waals surface area (Å²) in [5, 5.41) is 3.59. The number of benzene rings is 2. The Morgan fingerprint density at radius 3 is 2.30 bits per heavy atom. The summed E-state index contributed by atoms with van der Waals surface area (Å²) in [7, 11) is 0. The lowest BCUT2D eigenvalue weighted by Gasteiger charge is -2.12. The fourth-order valence-corrected chi connectivity index (χ4v) is 3.60. The van der Waals surface area contributed by atoms with Gasteiger partial charge in [-0.3, -0.25) is 9.59 Å². The number of hydrogen-bond donors (Lipinski definition) is 0. The number of fused-ring (bicyclic) bond motifs is 1. The molecule has 8 heteroatoms. The molecule has 1 aliphatic heterocycles. The van der Waals surface area contributed by atoms with Crippen LogP contribution in [-0.2, 0) is 16.1 Å². The fourth-order valence-electron chi connectivity index (χ4n) is 2.65. The Balaban J connectivity index is 1.44. The monoisotopic (exact) mass is 398 g/mol. The maximum Gasteiger partial charge on any atom is 0.339 e. The highest BCUT2D eigenvalue weighted by Crippen LogP contribution is 2.26. The molecule has 0 radical (unpaired) electrons. The largest absolute Gasteiger partial charge is 0.339 e. The highest BCUT2D eigenvalue weighted by molar-refractivity contribution is 7.13. The minimum Gasteiger partial charge on any atom is -0.329 e. The molecule has 2 aromatic carbocycles. The third-order valence-corrected chi connectivity index (χ3v) is 5.11. The first-order chi connectivity index (χ1) is 13.0. The first-order valence-electron chi connectivity index (χ1n) is 7.92. The molecule has 1 aliphatic rings. The summed E-state index contributed by atoms with van der Waals surface area (Å²) in [5.41, 5.74) is 1.80. The SMILES string of the molecule is O=C(Cc1csc(-c2ccc(Cl)cc2)n1)ON1C(=O)c2ccccc2C1=O. The number of hydrogen-bond acceptors (Lipinski definition) is 6. The summed E-state index contributed by atoms with van der Waals surface area (Å²) in [6.45, 7) is 0. The van der Waals surface area contributed by atoms with E-state index >= 15 is 0 Å². The third kappa shape index (κ3) is 3.34. The Kier molecular flexibility index (Phi) is 4.47. The van der Waals surface area contributed by atoms with Crippen molar-refractivity contribution in [3.63, 3.8) is 0 Å². The zero-order valence-electron chi connectivity index (χ0n) is 13.7. The van der Waals surface area contributed by atoms with E-state index in [2.05, 4.69) is 4.98 Å². The van der Waals surface area contributed by atoms with Crippen LogP contribution < -0.4 is 0 Å². The number of halogens is 1. The molecule has 0 aliphatic carbocycles. The highest BCUT2D eigenvalue weighted by Gasteiger charge is 2.38. The van der Waals surface area contributed by atoms with Crippen LogP contribution in [0.1, 0.15) is 26.4 Å². The van der Waals surface area contributed by atoms with E-state index < -0.39 is 17.8 Å². The molecule has 27 heavy (non-hydrogen) atoms. The molecule has 6 nitrogen and oxygen atoms in total. The van der Waals surface area contributed by atoms with Crippen LogP contribution in [0.2, 0.25) is 5.02 Å². The number of hydroxylamine groups is 2. The molecule has 0 fully saturated rings. The molecule has 134 valence electrons. The molecule has 0 saturated heterocycles. The molecule has 0 spiro atoms. The van der Waals surface area contributed by atoms with Crippen molar-refractivity contribution >= 4 is 40.7 Å². The van der Waals surface area contributed by atoms with Gasteiger partial charge in [0.05, 0.1) is 23.2 Å². The second-order valence-corrected chi connectivity index (χ2v) is 7.04. The van der Waals surface area contributed by atoms with Crippen LogP contribution in [0.5, 0.6) is 0 Å². The first kappa shape index (κ1) is 17.4. The van der Waals surface area contributed by atoms with Crippen LogP contribution in [0.3, 0.4) is 0 Å². The lowest BCUT2D eigenvalue weighted by Crippen LogP contribution is -2.33. The average molecular weight is 399 g/mol. The molecule has 0 bridgehead atoms. The Labute approximate surface area is 162 Å². The van der Waals surface area contributed by atoms with Gasteiger partial charge < -0.3 is 4.84 Å². The van der Waals surface area contributed by atoms with Gasteiger partial charge in [-0.15, -0.1) is 11.3 Å². The quantitative estimate of drug-likeness (QED) is 0.625. The smallest absolute Gasteiger partial charge is 0.329 e. The van der Waals surface area contributed by atoms with E-state index in [1.165, 1.54) is 23.5 Å². The van der Waals surface area contributed by atoms with Crippen molar-refractivity contribution in [3.8, 4) is 10.6 Å². The van der Waals surface area contributed by atoms with E-state index in [0.29, 0.717) is 15.8 Å². The van der Waals surface area contributed by atoms with Gasteiger partial charge >= 0.3 is 5.97 Å². The molecule has 0 atom stereocenters. The Morgan fingerprint density at radius 1 is 1.04 bits per heavy atom. The van der Waals surface area contributed by atoms with E-state index in [0.717, 1.165) is 10.6 Å². The first-order valence-corrected chi connectivity index (χ1v) is 9.17. The molecule has 2 amide bonds. The Bertz CT molecular complexity index is 1030. The Hall–Kier alpha value is -3.03. The minimum atomic E-state index is -0.738. The number of imide groups is 1. The lowest BCUT2D eigenvalue weighted by atomic mass is 10.1. The zero-order valence-corrected chi connectivity index (χ0v) is 15.3. The number of rotatable bonds is 4. The molecule has 3 aromatic rings. The van der Waals surface area contributed by atoms with Crippen molar-refractivity contribution in [2.75, 3.05) is 0 Å². The van der Waals surface area contributed by atoms with Gasteiger partial charge in [0.2, 0.25) is 0 Å². The maximum absolute atomic E-state index is 12.2. The third-order valence-electron chi connectivity index (χ3n) is 3.92. The summed E-state index contributed by atoms with van der Waals surface area (Å²) >= 11 is 7.25. The van der Waals surface area contributed by atoms with Crippen LogP contribution in [-0.4, -0.2) is 27.8 Å². The number of nitrogens with zero attached hydrogens (tertiary/aromatic N) is 2. The number of thiazole rings is 1. The van der Waals surface area contributed by atoms with Gasteiger partial charge in [-0.05, 0) is 24.3 Å². The standard InChI is InChI=1S/C19H11ClN2O4S/c20-12-7-5-11(6-8-12)17-21-13(10-27-17)9-16(23)26-22-18(24)14-3-1-2-4-15(14)19(22)25/h1-8,10H,9H2. The summed E-state index contributed by atoms with van der Waals surface area (Å²) in [6, 6.07) is 13.5. The molecular weight excluding hydrogens is 388 g/mol. The second-order valence-electron chi connectivity index (χ2n) is 5.74. The number of carbonyl (C=O) groups is 3. The van der Waals surface area contributed by atoms with Crippen molar-refractivity contribution in [1.82, 2.24) is 10.0 Å². The van der Waals surface area contributed by atoms with E-state index in [1.54, 1.807) is 29.6 Å². The van der Waals surface area contributed by atoms with Gasteiger partial charge in [0, 0.05) is 16.0 Å². The van der Waals surface area contributed by atoms with Crippen molar-refractivity contribution in [1.29, 1.82) is 0 Å². The van der Waals surface area contributed by atoms with Crippen molar-refractivity contribution in [2.45, 2.75) is 6.42 Å². The van der Waals surface area contributed by atoms with Crippen LogP contribution in [0.15, 0.2) is 53.9 Å². The van der Waals surface area contributed by atoms with E-state index in [1.807, 2.05) is 12.1 Å². The average Bonchev–Trinajstić information content (AvgIpc) is 3.22. The fraction of sp³-hybridized carbons (Fsp3) is 0.0526. The molecule has 2 heterocycles. The topological polar surface area (TPSA) is 76.6 Å². The predicted molar refractivity (Wildman–Crippen MR) is 99.3 cm³/mol. The number of aromatic nitrogens is 1. The predicted octanol–water partition coefficient (Wildman–Crippen LogP) is 3.76. The summed E-state index contributed by atoms with van der Waals surface area (Å²) in [4.78, 5) is 46.0. The summed E-state index contributed by atoms with van der Waals surface area (Å²) in [6.07, 6.45) is -0.155. The molecule has 4 rings (SSSR count). The molecular formula is C19H11ClN2O4S. The Morgan fingerprint density at radius 2 is 1.67 bits per heavy atom. The van der Waals surface area contributed by atoms with Crippen molar-refractivity contribution < 1.29 is 19.2 Å². The molecule has 0 saturated carbocycles. The summed E-state index contributed by atoms with van der Waals surface area (Å²) < 4.78 is 0. The van der Waals surface area contributed by atoms with E-state index in [-0.39, 0.29) is 17.5 Å². The van der Waals surface area contributed by atoms with Gasteiger partial charge in [0.1, 0.15) is 5.01 Å². The number of carbonyl (C=O) groups excluding carboxylic acids is 3. The molecule has 0 unspecified atom stereocenters. The molecule has 0 N–H and O–H groups in total. The number of amides is 2. The van der Waals surface area contributed by atoms with Crippen LogP contribution in [0, 0.1) is 0 Å². The van der Waals surface area contributed by atoms with Gasteiger partial charge in [0.25, 0.3) is 11.8 Å². The van der Waals surface area contributed by atoms with Crippen molar-refractivity contribution in [3.05, 3.63) is 75.8 Å². The maximum atomic E-state index is 12.2. The van der Waals surface area contributed by atoms with Crippen LogP contribution in [0.4, 0.5) is 0 Å². The van der Waals surface area contributed by atoms with E-state index in [4.69, 9.17) is 16.4 Å². The molecule has 1 aromatic heterocycles. The minimum absolute atomic E-state index is 0.155. The van der Waals surface area contributed by atoms with Gasteiger partial charge in [-0.25, -0.2) is 9.78 Å². The van der Waals surface area contributed by atoms with Crippen LogP contribution >= 0.6 is 22.9 Å². The van der Waals surface area contributed by atoms with Gasteiger partial charge in [-0.1, -0.05) is 40.9 Å². The van der Waals surface area contributed by atoms with Crippen molar-refractivity contribution in [2.24, 2.45) is 0 Å². The van der Waals surface area contributed by atoms with E-state index in [9.17, 15) is 14.4 Å². The normalized spacial score (nSPS) is 13.0. The summed E-state index contributed by atoms with van der Waals surface area (Å²) in [5.74, 6) is -2.04. The zero-order chi connectivity index (χ0) is 19.0. The van der Waals surface area contributed by atoms with Crippen LogP contribution in [0.25, 0.3) is 10.6 Å². The highest BCUT2D eigenvalue weighted by atomic mass is 35.5.